The maximum atomic E-state index is 6.04. The van der Waals surface area contributed by atoms with Gasteiger partial charge in [-0.1, -0.05) is 15.9 Å². The Morgan fingerprint density at radius 2 is 1.84 bits per heavy atom. The van der Waals surface area contributed by atoms with Crippen molar-refractivity contribution < 1.29 is 4.74 Å². The van der Waals surface area contributed by atoms with Gasteiger partial charge in [0.2, 0.25) is 0 Å². The van der Waals surface area contributed by atoms with Crippen molar-refractivity contribution in [2.45, 2.75) is 6.92 Å². The van der Waals surface area contributed by atoms with Crippen LogP contribution in [-0.2, 0) is 0 Å². The van der Waals surface area contributed by atoms with Gasteiger partial charge in [-0.05, 0) is 49.4 Å². The van der Waals surface area contributed by atoms with Crippen LogP contribution in [0.3, 0.4) is 0 Å². The number of nitrogens with zero attached hydrogens (tertiary/aromatic N) is 1. The molecule has 0 spiro atoms. The number of hydrogen-bond acceptors (Lipinski definition) is 3. The number of nitrogen functional groups attached to an aromatic ring is 1. The van der Waals surface area contributed by atoms with Crippen LogP contribution in [-0.4, -0.2) is 13.7 Å². The number of benzene rings is 2. The van der Waals surface area contributed by atoms with Crippen LogP contribution in [0.4, 0.5) is 17.1 Å². The molecule has 0 fully saturated rings. The lowest BCUT2D eigenvalue weighted by Crippen LogP contribution is -2.11. The first-order chi connectivity index (χ1) is 9.11. The minimum atomic E-state index is 0.675. The van der Waals surface area contributed by atoms with Crippen LogP contribution >= 0.6 is 15.9 Å². The van der Waals surface area contributed by atoms with E-state index < -0.39 is 0 Å². The Morgan fingerprint density at radius 1 is 1.16 bits per heavy atom. The van der Waals surface area contributed by atoms with E-state index in [0.29, 0.717) is 6.61 Å². The summed E-state index contributed by atoms with van der Waals surface area (Å²) >= 11 is 3.41. The molecule has 2 N–H and O–H groups in total. The molecule has 0 aromatic heterocycles. The normalized spacial score (nSPS) is 10.3. The highest BCUT2D eigenvalue weighted by Gasteiger charge is 2.08. The fourth-order valence-corrected chi connectivity index (χ4v) is 2.28. The van der Waals surface area contributed by atoms with Crippen molar-refractivity contribution in [3.63, 3.8) is 0 Å². The molecule has 3 nitrogen and oxygen atoms in total. The van der Waals surface area contributed by atoms with Gasteiger partial charge in [-0.25, -0.2) is 0 Å². The Hall–Kier alpha value is -1.68. The summed E-state index contributed by atoms with van der Waals surface area (Å²) in [7, 11) is 2.00. The maximum Gasteiger partial charge on any atom is 0.119 e. The Bertz CT molecular complexity index is 555. The summed E-state index contributed by atoms with van der Waals surface area (Å²) < 4.78 is 6.42. The van der Waals surface area contributed by atoms with E-state index in [-0.39, 0.29) is 0 Å². The average Bonchev–Trinajstić information content (AvgIpc) is 2.39. The van der Waals surface area contributed by atoms with Crippen molar-refractivity contribution in [1.82, 2.24) is 0 Å². The van der Waals surface area contributed by atoms with Gasteiger partial charge in [0, 0.05) is 17.2 Å². The van der Waals surface area contributed by atoms with Crippen LogP contribution in [0, 0.1) is 0 Å². The van der Waals surface area contributed by atoms with E-state index in [4.69, 9.17) is 10.5 Å². The molecule has 2 rings (SSSR count). The Balaban J connectivity index is 2.25. The summed E-state index contributed by atoms with van der Waals surface area (Å²) in [5.74, 6) is 0.878. The molecular formula is C15H17BrN2O. The summed E-state index contributed by atoms with van der Waals surface area (Å²) in [5, 5.41) is 0. The molecule has 0 aliphatic heterocycles. The van der Waals surface area contributed by atoms with Gasteiger partial charge in [-0.2, -0.15) is 0 Å². The second kappa shape index (κ2) is 5.97. The molecule has 0 bridgehead atoms. The summed E-state index contributed by atoms with van der Waals surface area (Å²) in [6, 6.07) is 13.8. The number of hydrogen-bond donors (Lipinski definition) is 1. The molecule has 2 aromatic rings. The molecule has 2 aromatic carbocycles. The minimum absolute atomic E-state index is 0.675. The van der Waals surface area contributed by atoms with E-state index in [1.807, 2.05) is 56.4 Å². The number of halogens is 1. The molecule has 0 saturated heterocycles. The lowest BCUT2D eigenvalue weighted by atomic mass is 10.2. The quantitative estimate of drug-likeness (QED) is 0.858. The standard InChI is InChI=1S/C15H17BrN2O/c1-3-19-13-7-5-12(6-8-13)18(2)15-9-4-11(16)10-14(15)17/h4-10H,3,17H2,1-2H3. The largest absolute Gasteiger partial charge is 0.494 e. The SMILES string of the molecule is CCOc1ccc(N(C)c2ccc(Br)cc2N)cc1. The average molecular weight is 321 g/mol. The summed E-state index contributed by atoms with van der Waals surface area (Å²) in [6.07, 6.45) is 0. The fourth-order valence-electron chi connectivity index (χ4n) is 1.90. The lowest BCUT2D eigenvalue weighted by molar-refractivity contribution is 0.340. The predicted octanol–water partition coefficient (Wildman–Crippen LogP) is 4.20. The predicted molar refractivity (Wildman–Crippen MR) is 84.2 cm³/mol. The first kappa shape index (κ1) is 13.7. The van der Waals surface area contributed by atoms with Gasteiger partial charge in [0.15, 0.2) is 0 Å². The van der Waals surface area contributed by atoms with Crippen LogP contribution in [0.1, 0.15) is 6.92 Å². The molecular weight excluding hydrogens is 304 g/mol. The van der Waals surface area contributed by atoms with E-state index >= 15 is 0 Å². The van der Waals surface area contributed by atoms with Gasteiger partial charge in [0.05, 0.1) is 18.0 Å². The summed E-state index contributed by atoms with van der Waals surface area (Å²) in [4.78, 5) is 2.05. The van der Waals surface area contributed by atoms with Crippen LogP contribution in [0.5, 0.6) is 5.75 Å². The summed E-state index contributed by atoms with van der Waals surface area (Å²) in [6.45, 7) is 2.65. The topological polar surface area (TPSA) is 38.5 Å². The van der Waals surface area contributed by atoms with Crippen LogP contribution in [0.25, 0.3) is 0 Å². The number of anilines is 3. The maximum absolute atomic E-state index is 6.04. The van der Waals surface area contributed by atoms with Crippen molar-refractivity contribution in [3.05, 3.63) is 46.9 Å². The van der Waals surface area contributed by atoms with E-state index in [9.17, 15) is 0 Å². The van der Waals surface area contributed by atoms with E-state index in [2.05, 4.69) is 20.8 Å². The number of nitrogens with two attached hydrogens (primary N) is 1. The second-order valence-electron chi connectivity index (χ2n) is 4.19. The van der Waals surface area contributed by atoms with E-state index in [1.165, 1.54) is 0 Å². The highest BCUT2D eigenvalue weighted by atomic mass is 79.9. The zero-order valence-electron chi connectivity index (χ0n) is 11.1. The number of ether oxygens (including phenoxy) is 1. The molecule has 0 heterocycles. The smallest absolute Gasteiger partial charge is 0.119 e. The molecule has 0 radical (unpaired) electrons. The second-order valence-corrected chi connectivity index (χ2v) is 5.10. The van der Waals surface area contributed by atoms with Gasteiger partial charge < -0.3 is 15.4 Å². The van der Waals surface area contributed by atoms with Crippen molar-refractivity contribution in [2.24, 2.45) is 0 Å². The molecule has 0 saturated carbocycles. The van der Waals surface area contributed by atoms with Crippen LogP contribution < -0.4 is 15.4 Å². The van der Waals surface area contributed by atoms with Gasteiger partial charge in [-0.3, -0.25) is 0 Å². The molecule has 0 atom stereocenters. The minimum Gasteiger partial charge on any atom is -0.494 e. The molecule has 19 heavy (non-hydrogen) atoms. The Labute approximate surface area is 122 Å². The van der Waals surface area contributed by atoms with Crippen molar-refractivity contribution >= 4 is 33.0 Å². The highest BCUT2D eigenvalue weighted by Crippen LogP contribution is 2.31. The highest BCUT2D eigenvalue weighted by molar-refractivity contribution is 9.10. The third-order valence-corrected chi connectivity index (χ3v) is 3.38. The Morgan fingerprint density at radius 3 is 2.42 bits per heavy atom. The van der Waals surface area contributed by atoms with Gasteiger partial charge in [0.25, 0.3) is 0 Å². The molecule has 0 aliphatic rings. The lowest BCUT2D eigenvalue weighted by Gasteiger charge is -2.21. The molecule has 100 valence electrons. The van der Waals surface area contributed by atoms with Crippen molar-refractivity contribution in [1.29, 1.82) is 0 Å². The van der Waals surface area contributed by atoms with Gasteiger partial charge >= 0.3 is 0 Å². The Kier molecular flexibility index (Phi) is 4.32. The first-order valence-electron chi connectivity index (χ1n) is 6.13. The van der Waals surface area contributed by atoms with Crippen LogP contribution in [0.15, 0.2) is 46.9 Å². The van der Waals surface area contributed by atoms with Crippen LogP contribution in [0.2, 0.25) is 0 Å². The zero-order valence-corrected chi connectivity index (χ0v) is 12.6. The van der Waals surface area contributed by atoms with E-state index in [0.717, 1.165) is 27.3 Å². The molecule has 0 aliphatic carbocycles. The molecule has 4 heteroatoms. The van der Waals surface area contributed by atoms with Crippen molar-refractivity contribution in [2.75, 3.05) is 24.3 Å². The third-order valence-electron chi connectivity index (χ3n) is 2.89. The van der Waals surface area contributed by atoms with Gasteiger partial charge in [-0.15, -0.1) is 0 Å². The zero-order chi connectivity index (χ0) is 13.8. The first-order valence-corrected chi connectivity index (χ1v) is 6.92. The number of rotatable bonds is 4. The molecule has 0 unspecified atom stereocenters. The molecule has 0 amide bonds. The third kappa shape index (κ3) is 3.20. The van der Waals surface area contributed by atoms with Gasteiger partial charge in [0.1, 0.15) is 5.75 Å². The van der Waals surface area contributed by atoms with Crippen molar-refractivity contribution in [3.8, 4) is 5.75 Å². The van der Waals surface area contributed by atoms with E-state index in [1.54, 1.807) is 0 Å². The monoisotopic (exact) mass is 320 g/mol. The summed E-state index contributed by atoms with van der Waals surface area (Å²) in [5.41, 5.74) is 8.83. The fraction of sp³-hybridized carbons (Fsp3) is 0.200.